The van der Waals surface area contributed by atoms with E-state index in [4.69, 9.17) is 9.47 Å². The molecule has 0 radical (unpaired) electrons. The lowest BCUT2D eigenvalue weighted by atomic mass is 9.84. The molecule has 0 aliphatic carbocycles. The molecule has 0 unspecified atom stereocenters. The van der Waals surface area contributed by atoms with Crippen LogP contribution in [0.5, 0.6) is 0 Å². The van der Waals surface area contributed by atoms with Crippen molar-refractivity contribution < 1.29 is 44.0 Å². The summed E-state index contributed by atoms with van der Waals surface area (Å²) in [5.41, 5.74) is -0.703. The van der Waals surface area contributed by atoms with Crippen LogP contribution in [0.25, 0.3) is 0 Å². The van der Waals surface area contributed by atoms with Crippen LogP contribution in [0, 0.1) is 16.7 Å². The first-order valence-electron chi connectivity index (χ1n) is 14.4. The van der Waals surface area contributed by atoms with Crippen molar-refractivity contribution in [1.82, 2.24) is 16.0 Å². The average Bonchev–Trinajstić information content (AvgIpc) is 2.85. The van der Waals surface area contributed by atoms with Gasteiger partial charge in [0.1, 0.15) is 30.5 Å². The Balaban J connectivity index is 2.81. The van der Waals surface area contributed by atoms with E-state index in [0.717, 1.165) is 6.42 Å². The van der Waals surface area contributed by atoms with Crippen LogP contribution in [0.1, 0.15) is 87.5 Å². The summed E-state index contributed by atoms with van der Waals surface area (Å²) in [5, 5.41) is 38.2. The van der Waals surface area contributed by atoms with Crippen molar-refractivity contribution in [3.05, 3.63) is 0 Å². The van der Waals surface area contributed by atoms with Crippen LogP contribution in [-0.4, -0.2) is 95.3 Å². The number of carbonyl (C=O) groups excluding carboxylic acids is 4. The molecule has 41 heavy (non-hydrogen) atoms. The van der Waals surface area contributed by atoms with Gasteiger partial charge in [-0.25, -0.2) is 0 Å². The lowest BCUT2D eigenvalue weighted by molar-refractivity contribution is -0.288. The van der Waals surface area contributed by atoms with Gasteiger partial charge in [0.05, 0.1) is 6.04 Å². The summed E-state index contributed by atoms with van der Waals surface area (Å²) in [6.45, 7) is 14.9. The van der Waals surface area contributed by atoms with Crippen LogP contribution < -0.4 is 16.0 Å². The van der Waals surface area contributed by atoms with E-state index >= 15 is 0 Å². The zero-order chi connectivity index (χ0) is 31.7. The maximum atomic E-state index is 13.2. The van der Waals surface area contributed by atoms with Gasteiger partial charge in [0, 0.05) is 31.9 Å². The fraction of sp³-hybridized carbons (Fsp3) is 0.862. The molecule has 1 saturated heterocycles. The third-order valence-electron chi connectivity index (χ3n) is 7.03. The van der Waals surface area contributed by atoms with Gasteiger partial charge in [-0.1, -0.05) is 55.4 Å². The second-order valence-electron chi connectivity index (χ2n) is 13.5. The number of rotatable bonds is 14. The van der Waals surface area contributed by atoms with Crippen LogP contribution in [0.4, 0.5) is 0 Å². The van der Waals surface area contributed by atoms with E-state index in [1.807, 2.05) is 0 Å². The summed E-state index contributed by atoms with van der Waals surface area (Å²) in [6.07, 6.45) is -4.90. The standard InChI is InChI=1S/C29H53N3O9/c1-16(2)21(32-20(34)11-10-14-28(3,4)5)26(39)31-17(25(38)29(6,7)8)12-13-19(33)30-15-18-22(35)23(36)24(37)27(40-9)41-18/h16-18,21-24,27,35-37H,10-15H2,1-9H3,(H,30,33)(H,31,39)(H,32,34)/t17-,18+,21-,22+,23-,24+,27+/m0/s1. The van der Waals surface area contributed by atoms with Crippen LogP contribution in [0.15, 0.2) is 0 Å². The van der Waals surface area contributed by atoms with Crippen LogP contribution in [0.2, 0.25) is 0 Å². The van der Waals surface area contributed by atoms with Gasteiger partial charge in [-0.2, -0.15) is 0 Å². The first-order valence-corrected chi connectivity index (χ1v) is 14.4. The number of hydrogen-bond donors (Lipinski definition) is 6. The molecular formula is C29H53N3O9. The summed E-state index contributed by atoms with van der Waals surface area (Å²) in [4.78, 5) is 51.6. The third-order valence-corrected chi connectivity index (χ3v) is 7.03. The molecule has 0 aromatic rings. The minimum absolute atomic E-state index is 0.00807. The molecule has 1 rings (SSSR count). The minimum atomic E-state index is -1.52. The molecule has 238 valence electrons. The zero-order valence-electron chi connectivity index (χ0n) is 26.2. The highest BCUT2D eigenvalue weighted by Gasteiger charge is 2.44. The normalized spacial score (nSPS) is 24.9. The van der Waals surface area contributed by atoms with Crippen molar-refractivity contribution in [3.63, 3.8) is 0 Å². The van der Waals surface area contributed by atoms with Gasteiger partial charge in [0.25, 0.3) is 0 Å². The Morgan fingerprint density at radius 3 is 2.00 bits per heavy atom. The zero-order valence-corrected chi connectivity index (χ0v) is 26.2. The molecular weight excluding hydrogens is 534 g/mol. The van der Waals surface area contributed by atoms with Crippen molar-refractivity contribution >= 4 is 23.5 Å². The number of methoxy groups -OCH3 is 1. The van der Waals surface area contributed by atoms with Gasteiger partial charge in [0.15, 0.2) is 12.1 Å². The second kappa shape index (κ2) is 15.9. The largest absolute Gasteiger partial charge is 0.388 e. The van der Waals surface area contributed by atoms with Crippen molar-refractivity contribution in [1.29, 1.82) is 0 Å². The molecule has 0 bridgehead atoms. The molecule has 0 saturated carbocycles. The van der Waals surface area contributed by atoms with Gasteiger partial charge < -0.3 is 40.7 Å². The smallest absolute Gasteiger partial charge is 0.243 e. The number of aliphatic hydroxyl groups excluding tert-OH is 3. The van der Waals surface area contributed by atoms with E-state index in [1.54, 1.807) is 34.6 Å². The Bertz CT molecular complexity index is 880. The number of carbonyl (C=O) groups is 4. The number of hydrogen-bond acceptors (Lipinski definition) is 9. The molecule has 0 spiro atoms. The highest BCUT2D eigenvalue weighted by atomic mass is 16.7. The van der Waals surface area contributed by atoms with Crippen LogP contribution in [-0.2, 0) is 28.7 Å². The Morgan fingerprint density at radius 1 is 0.878 bits per heavy atom. The van der Waals surface area contributed by atoms with Crippen molar-refractivity contribution in [2.24, 2.45) is 16.7 Å². The quantitative estimate of drug-likeness (QED) is 0.171. The number of ether oxygens (including phenoxy) is 2. The molecule has 3 amide bonds. The average molecular weight is 588 g/mol. The highest BCUT2D eigenvalue weighted by molar-refractivity contribution is 5.95. The summed E-state index contributed by atoms with van der Waals surface area (Å²) < 4.78 is 10.4. The van der Waals surface area contributed by atoms with Crippen LogP contribution in [0.3, 0.4) is 0 Å². The summed E-state index contributed by atoms with van der Waals surface area (Å²) in [7, 11) is 1.27. The Morgan fingerprint density at radius 2 is 1.49 bits per heavy atom. The topological polar surface area (TPSA) is 184 Å². The fourth-order valence-electron chi connectivity index (χ4n) is 4.47. The van der Waals surface area contributed by atoms with Gasteiger partial charge in [-0.3, -0.25) is 19.2 Å². The molecule has 7 atom stereocenters. The second-order valence-corrected chi connectivity index (χ2v) is 13.5. The maximum absolute atomic E-state index is 13.2. The minimum Gasteiger partial charge on any atom is -0.388 e. The Labute approximate surface area is 244 Å². The van der Waals surface area contributed by atoms with Crippen LogP contribution >= 0.6 is 0 Å². The van der Waals surface area contributed by atoms with Crippen molar-refractivity contribution in [3.8, 4) is 0 Å². The predicted molar refractivity (Wildman–Crippen MR) is 152 cm³/mol. The fourth-order valence-corrected chi connectivity index (χ4v) is 4.47. The predicted octanol–water partition coefficient (Wildman–Crippen LogP) is 0.794. The molecule has 12 nitrogen and oxygen atoms in total. The summed E-state index contributed by atoms with van der Waals surface area (Å²) >= 11 is 0. The number of ketones is 1. The Kier molecular flexibility index (Phi) is 14.3. The first kappa shape index (κ1) is 36.9. The van der Waals surface area contributed by atoms with E-state index < -0.39 is 60.0 Å². The Hall–Kier alpha value is -2.12. The van der Waals surface area contributed by atoms with Crippen molar-refractivity contribution in [2.45, 2.75) is 130 Å². The summed E-state index contributed by atoms with van der Waals surface area (Å²) in [5.74, 6) is -1.69. The molecule has 1 aliphatic rings. The number of Topliss-reactive ketones (excluding diaryl/α,β-unsaturated/α-hetero) is 1. The lowest BCUT2D eigenvalue weighted by Crippen LogP contribution is -2.60. The summed E-state index contributed by atoms with van der Waals surface area (Å²) in [6, 6.07) is -1.82. The van der Waals surface area contributed by atoms with E-state index in [2.05, 4.69) is 36.7 Å². The van der Waals surface area contributed by atoms with Gasteiger partial charge in [-0.05, 0) is 30.6 Å². The molecule has 6 N–H and O–H groups in total. The van der Waals surface area contributed by atoms with Gasteiger partial charge >= 0.3 is 0 Å². The molecule has 1 fully saturated rings. The lowest BCUT2D eigenvalue weighted by Gasteiger charge is -2.39. The number of amides is 3. The molecule has 12 heteroatoms. The monoisotopic (exact) mass is 587 g/mol. The first-order chi connectivity index (χ1) is 18.8. The SMILES string of the molecule is CO[C@@H]1O[C@H](CNC(=O)CC[C@H](NC(=O)[C@@H](NC(=O)CCCC(C)(C)C)C(C)C)C(=O)C(C)(C)C)[C@@H](O)[C@H](O)[C@H]1O. The maximum Gasteiger partial charge on any atom is 0.243 e. The third kappa shape index (κ3) is 12.3. The highest BCUT2D eigenvalue weighted by Crippen LogP contribution is 2.23. The van der Waals surface area contributed by atoms with Gasteiger partial charge in [0.2, 0.25) is 17.7 Å². The van der Waals surface area contributed by atoms with E-state index in [-0.39, 0.29) is 42.4 Å². The molecule has 1 aliphatic heterocycles. The molecule has 0 aromatic carbocycles. The van der Waals surface area contributed by atoms with Gasteiger partial charge in [-0.15, -0.1) is 0 Å². The number of aliphatic hydroxyl groups is 3. The number of nitrogens with one attached hydrogen (secondary N) is 3. The van der Waals surface area contributed by atoms with E-state index in [0.29, 0.717) is 12.8 Å². The van der Waals surface area contributed by atoms with E-state index in [1.165, 1.54) is 7.11 Å². The molecule has 1 heterocycles. The van der Waals surface area contributed by atoms with Crippen molar-refractivity contribution in [2.75, 3.05) is 13.7 Å². The molecule has 0 aromatic heterocycles. The van der Waals surface area contributed by atoms with E-state index in [9.17, 15) is 34.5 Å².